The average Bonchev–Trinajstić information content (AvgIpc) is 3.05. The molecular weight excluding hydrogens is 409 g/mol. The highest BCUT2D eigenvalue weighted by Crippen LogP contribution is 2.17. The van der Waals surface area contributed by atoms with Crippen molar-refractivity contribution in [2.24, 2.45) is 0 Å². The van der Waals surface area contributed by atoms with Gasteiger partial charge in [0.05, 0.1) is 11.1 Å². The number of nitrogens with zero attached hydrogens (tertiary/aromatic N) is 3. The first-order valence-corrected chi connectivity index (χ1v) is 10.9. The third kappa shape index (κ3) is 6.52. The van der Waals surface area contributed by atoms with Crippen LogP contribution in [0.15, 0.2) is 24.3 Å². The summed E-state index contributed by atoms with van der Waals surface area (Å²) in [6.45, 7) is 4.76. The predicted molar refractivity (Wildman–Crippen MR) is 115 cm³/mol. The van der Waals surface area contributed by atoms with Crippen molar-refractivity contribution in [3.05, 3.63) is 40.7 Å². The summed E-state index contributed by atoms with van der Waals surface area (Å²) in [5.74, 6) is -0.585. The Morgan fingerprint density at radius 2 is 2.00 bits per heavy atom. The molecule has 2 amide bonds. The van der Waals surface area contributed by atoms with Gasteiger partial charge < -0.3 is 19.8 Å². The number of carbonyl (C=O) groups excluding carboxylic acids is 2. The monoisotopic (exact) mass is 437 g/mol. The van der Waals surface area contributed by atoms with E-state index >= 15 is 0 Å². The van der Waals surface area contributed by atoms with Crippen LogP contribution < -0.4 is 0 Å². The fraction of sp³-hybridized carbons (Fsp3) is 0.545. The number of halogens is 2. The van der Waals surface area contributed by atoms with Gasteiger partial charge in [-0.2, -0.15) is 0 Å². The fourth-order valence-electron chi connectivity index (χ4n) is 3.87. The molecule has 2 aliphatic rings. The van der Waals surface area contributed by atoms with Crippen molar-refractivity contribution >= 4 is 29.5 Å². The first-order valence-electron chi connectivity index (χ1n) is 10.5. The molecule has 6 nitrogen and oxygen atoms in total. The van der Waals surface area contributed by atoms with Gasteiger partial charge in [-0.15, -0.1) is 0 Å². The zero-order valence-corrected chi connectivity index (χ0v) is 17.9. The lowest BCUT2D eigenvalue weighted by atomic mass is 10.2. The average molecular weight is 438 g/mol. The van der Waals surface area contributed by atoms with Gasteiger partial charge in [0.2, 0.25) is 11.8 Å². The van der Waals surface area contributed by atoms with Crippen molar-refractivity contribution in [3.63, 3.8) is 0 Å². The third-order valence-electron chi connectivity index (χ3n) is 5.66. The summed E-state index contributed by atoms with van der Waals surface area (Å²) in [7, 11) is 0. The van der Waals surface area contributed by atoms with Gasteiger partial charge in [0, 0.05) is 51.8 Å². The Kier molecular flexibility index (Phi) is 8.24. The van der Waals surface area contributed by atoms with Crippen molar-refractivity contribution < 1.29 is 19.1 Å². The molecule has 0 saturated carbocycles. The lowest BCUT2D eigenvalue weighted by Crippen LogP contribution is -2.35. The molecule has 3 rings (SSSR count). The van der Waals surface area contributed by atoms with E-state index < -0.39 is 5.82 Å². The van der Waals surface area contributed by atoms with Crippen molar-refractivity contribution in [1.29, 1.82) is 0 Å². The number of amides is 2. The van der Waals surface area contributed by atoms with Crippen molar-refractivity contribution in [1.82, 2.24) is 14.7 Å². The second-order valence-corrected chi connectivity index (χ2v) is 8.32. The van der Waals surface area contributed by atoms with Crippen LogP contribution in [0.2, 0.25) is 5.02 Å². The maximum Gasteiger partial charge on any atom is 0.246 e. The zero-order chi connectivity index (χ0) is 21.5. The lowest BCUT2D eigenvalue weighted by Gasteiger charge is -2.22. The molecule has 0 spiro atoms. The van der Waals surface area contributed by atoms with E-state index in [1.54, 1.807) is 17.0 Å². The zero-order valence-electron chi connectivity index (χ0n) is 17.1. The fourth-order valence-corrected chi connectivity index (χ4v) is 4.05. The molecule has 30 heavy (non-hydrogen) atoms. The highest BCUT2D eigenvalue weighted by Gasteiger charge is 2.23. The van der Waals surface area contributed by atoms with Crippen LogP contribution in [0.5, 0.6) is 0 Å². The molecule has 1 unspecified atom stereocenters. The summed E-state index contributed by atoms with van der Waals surface area (Å²) >= 11 is 5.77. The van der Waals surface area contributed by atoms with Gasteiger partial charge in [-0.05, 0) is 49.6 Å². The Morgan fingerprint density at radius 1 is 1.20 bits per heavy atom. The minimum atomic E-state index is -0.496. The van der Waals surface area contributed by atoms with E-state index in [4.69, 9.17) is 11.6 Å². The maximum absolute atomic E-state index is 13.2. The number of carbonyl (C=O) groups is 2. The van der Waals surface area contributed by atoms with Crippen molar-refractivity contribution in [2.75, 3.05) is 45.8 Å². The van der Waals surface area contributed by atoms with Gasteiger partial charge >= 0.3 is 0 Å². The summed E-state index contributed by atoms with van der Waals surface area (Å²) in [6.07, 6.45) is 5.91. The van der Waals surface area contributed by atoms with E-state index in [-0.39, 0.29) is 22.9 Å². The molecule has 1 aromatic carbocycles. The molecule has 0 radical (unpaired) electrons. The van der Waals surface area contributed by atoms with Crippen LogP contribution in [-0.4, -0.2) is 83.5 Å². The molecule has 0 aromatic heterocycles. The highest BCUT2D eigenvalue weighted by atomic mass is 35.5. The van der Waals surface area contributed by atoms with E-state index in [9.17, 15) is 19.1 Å². The van der Waals surface area contributed by atoms with Gasteiger partial charge in [0.15, 0.2) is 0 Å². The van der Waals surface area contributed by atoms with E-state index in [2.05, 4.69) is 4.90 Å². The Morgan fingerprint density at radius 3 is 2.73 bits per heavy atom. The summed E-state index contributed by atoms with van der Waals surface area (Å²) in [6, 6.07) is 4.29. The van der Waals surface area contributed by atoms with Crippen molar-refractivity contribution in [2.45, 2.75) is 31.8 Å². The predicted octanol–water partition coefficient (Wildman–Crippen LogP) is 2.40. The molecule has 1 N–H and O–H groups in total. The van der Waals surface area contributed by atoms with Gasteiger partial charge in [0.25, 0.3) is 0 Å². The minimum Gasteiger partial charge on any atom is -0.392 e. The number of aliphatic hydroxyl groups is 1. The summed E-state index contributed by atoms with van der Waals surface area (Å²) in [5.41, 5.74) is 0.646. The largest absolute Gasteiger partial charge is 0.392 e. The number of aliphatic hydroxyl groups excluding tert-OH is 1. The van der Waals surface area contributed by atoms with E-state index in [0.29, 0.717) is 38.2 Å². The molecule has 2 aliphatic heterocycles. The van der Waals surface area contributed by atoms with E-state index in [1.165, 1.54) is 18.2 Å². The lowest BCUT2D eigenvalue weighted by molar-refractivity contribution is -0.130. The first-order chi connectivity index (χ1) is 14.4. The third-order valence-corrected chi connectivity index (χ3v) is 5.95. The molecule has 2 fully saturated rings. The number of benzene rings is 1. The minimum absolute atomic E-state index is 0.0153. The molecule has 0 bridgehead atoms. The standard InChI is InChI=1S/C22H29ClFN3O3/c23-19-15-17(3-5-20(19)24)4-6-21(29)27-12-8-22(30)26(13-14-27)10-2-1-9-25-11-7-18(28)16-25/h3-6,15,18,28H,1-2,7-14,16H2/b6-4+. The smallest absolute Gasteiger partial charge is 0.246 e. The number of β-amino-alcohol motifs (C(OH)–C–C–N with tert-alkyl or cyclic N) is 1. The highest BCUT2D eigenvalue weighted by molar-refractivity contribution is 6.30. The Bertz CT molecular complexity index is 789. The first kappa shape index (κ1) is 22.7. The maximum atomic E-state index is 13.2. The second-order valence-electron chi connectivity index (χ2n) is 7.91. The summed E-state index contributed by atoms with van der Waals surface area (Å²) in [4.78, 5) is 30.7. The number of hydrogen-bond acceptors (Lipinski definition) is 4. The normalized spacial score (nSPS) is 20.9. The summed E-state index contributed by atoms with van der Waals surface area (Å²) in [5, 5.41) is 9.58. The van der Waals surface area contributed by atoms with Crippen LogP contribution >= 0.6 is 11.6 Å². The van der Waals surface area contributed by atoms with Crippen LogP contribution in [-0.2, 0) is 9.59 Å². The summed E-state index contributed by atoms with van der Waals surface area (Å²) < 4.78 is 13.2. The topological polar surface area (TPSA) is 64.1 Å². The Hall–Kier alpha value is -1.96. The van der Waals surface area contributed by atoms with Gasteiger partial charge in [-0.25, -0.2) is 4.39 Å². The van der Waals surface area contributed by atoms with E-state index in [1.807, 2.05) is 4.90 Å². The number of likely N-dealkylation sites (tertiary alicyclic amines) is 1. The molecule has 0 aliphatic carbocycles. The molecular formula is C22H29ClFN3O3. The van der Waals surface area contributed by atoms with Crippen molar-refractivity contribution in [3.8, 4) is 0 Å². The number of unbranched alkanes of at least 4 members (excludes halogenated alkanes) is 1. The van der Waals surface area contributed by atoms with Gasteiger partial charge in [-0.1, -0.05) is 17.7 Å². The van der Waals surface area contributed by atoms with E-state index in [0.717, 1.165) is 38.9 Å². The van der Waals surface area contributed by atoms with Crippen LogP contribution in [0.3, 0.4) is 0 Å². The molecule has 164 valence electrons. The van der Waals surface area contributed by atoms with Gasteiger partial charge in [0.1, 0.15) is 5.82 Å². The SMILES string of the molecule is O=C(/C=C/c1ccc(F)c(Cl)c1)N1CCC(=O)N(CCCCN2CCC(O)C2)CC1. The number of hydrogen-bond donors (Lipinski definition) is 1. The van der Waals surface area contributed by atoms with Gasteiger partial charge in [-0.3, -0.25) is 9.59 Å². The number of rotatable bonds is 7. The quantitative estimate of drug-likeness (QED) is 0.525. The molecule has 2 heterocycles. The Balaban J connectivity index is 1.43. The van der Waals surface area contributed by atoms with Crippen LogP contribution in [0.1, 0.15) is 31.2 Å². The Labute approximate surface area is 181 Å². The molecule has 2 saturated heterocycles. The molecule has 8 heteroatoms. The van der Waals surface area contributed by atoms with Crippen LogP contribution in [0.25, 0.3) is 6.08 Å². The van der Waals surface area contributed by atoms with Crippen LogP contribution in [0.4, 0.5) is 4.39 Å². The molecule has 1 aromatic rings. The molecule has 1 atom stereocenters. The second kappa shape index (κ2) is 10.9. The van der Waals surface area contributed by atoms with Crippen LogP contribution in [0, 0.1) is 5.82 Å².